The molecule has 0 amide bonds. The highest BCUT2D eigenvalue weighted by Crippen LogP contribution is 2.33. The molecule has 0 aliphatic carbocycles. The Kier molecular flexibility index (Phi) is 5.56. The van der Waals surface area contributed by atoms with Crippen molar-refractivity contribution in [3.05, 3.63) is 0 Å². The van der Waals surface area contributed by atoms with Crippen LogP contribution in [0.25, 0.3) is 0 Å². The summed E-state index contributed by atoms with van der Waals surface area (Å²) in [7, 11) is 0. The molecule has 16 heavy (non-hydrogen) atoms. The van der Waals surface area contributed by atoms with E-state index in [2.05, 4.69) is 0 Å². The SMILES string of the molecule is CC(C)(N)CN1CCCC(C(F)(F)F)C1.Cl. The normalized spacial score (nSPS) is 24.0. The number of hydrogen-bond donors (Lipinski definition) is 1. The molecule has 1 aliphatic heterocycles. The quantitative estimate of drug-likeness (QED) is 0.826. The lowest BCUT2D eigenvalue weighted by atomic mass is 9.95. The lowest BCUT2D eigenvalue weighted by molar-refractivity contribution is -0.187. The third-order valence-corrected chi connectivity index (χ3v) is 2.60. The smallest absolute Gasteiger partial charge is 0.324 e. The molecule has 1 saturated heterocycles. The van der Waals surface area contributed by atoms with Gasteiger partial charge in [-0.2, -0.15) is 13.2 Å². The van der Waals surface area contributed by atoms with Crippen LogP contribution in [0.3, 0.4) is 0 Å². The van der Waals surface area contributed by atoms with Gasteiger partial charge < -0.3 is 10.6 Å². The Balaban J connectivity index is 0.00000225. The molecule has 0 aromatic rings. The monoisotopic (exact) mass is 260 g/mol. The number of halogens is 4. The van der Waals surface area contributed by atoms with Crippen molar-refractivity contribution in [3.63, 3.8) is 0 Å². The summed E-state index contributed by atoms with van der Waals surface area (Å²) in [5.41, 5.74) is 5.37. The van der Waals surface area contributed by atoms with Gasteiger partial charge >= 0.3 is 6.18 Å². The Bertz CT molecular complexity index is 213. The van der Waals surface area contributed by atoms with Gasteiger partial charge in [-0.15, -0.1) is 12.4 Å². The van der Waals surface area contributed by atoms with Crippen LogP contribution in [0.5, 0.6) is 0 Å². The van der Waals surface area contributed by atoms with E-state index in [9.17, 15) is 13.2 Å². The van der Waals surface area contributed by atoms with E-state index in [1.807, 2.05) is 18.7 Å². The van der Waals surface area contributed by atoms with Gasteiger partial charge in [0, 0.05) is 18.6 Å². The van der Waals surface area contributed by atoms with Gasteiger partial charge in [0.1, 0.15) is 0 Å². The van der Waals surface area contributed by atoms with Crippen LogP contribution in [-0.2, 0) is 0 Å². The van der Waals surface area contributed by atoms with Crippen molar-refractivity contribution in [2.75, 3.05) is 19.6 Å². The molecule has 2 N–H and O–H groups in total. The lowest BCUT2D eigenvalue weighted by Crippen LogP contribution is -2.50. The molecule has 0 aromatic carbocycles. The van der Waals surface area contributed by atoms with Crippen LogP contribution in [0, 0.1) is 5.92 Å². The van der Waals surface area contributed by atoms with Crippen LogP contribution >= 0.6 is 12.4 Å². The fourth-order valence-corrected chi connectivity index (χ4v) is 2.04. The third-order valence-electron chi connectivity index (χ3n) is 2.60. The maximum absolute atomic E-state index is 12.5. The second kappa shape index (κ2) is 5.56. The van der Waals surface area contributed by atoms with Crippen molar-refractivity contribution in [2.45, 2.75) is 38.4 Å². The van der Waals surface area contributed by atoms with E-state index in [1.165, 1.54) is 0 Å². The first-order chi connectivity index (χ1) is 6.68. The van der Waals surface area contributed by atoms with Gasteiger partial charge in [-0.1, -0.05) is 0 Å². The summed E-state index contributed by atoms with van der Waals surface area (Å²) in [6.07, 6.45) is -3.19. The van der Waals surface area contributed by atoms with Gasteiger partial charge in [0.15, 0.2) is 0 Å². The Morgan fingerprint density at radius 1 is 1.31 bits per heavy atom. The summed E-state index contributed by atoms with van der Waals surface area (Å²) < 4.78 is 37.5. The Labute approximate surface area is 101 Å². The van der Waals surface area contributed by atoms with Crippen molar-refractivity contribution >= 4 is 12.4 Å². The molecule has 0 radical (unpaired) electrons. The first-order valence-corrected chi connectivity index (χ1v) is 5.26. The molecule has 0 saturated carbocycles. The fourth-order valence-electron chi connectivity index (χ4n) is 2.04. The highest BCUT2D eigenvalue weighted by molar-refractivity contribution is 5.85. The summed E-state index contributed by atoms with van der Waals surface area (Å²) >= 11 is 0. The first kappa shape index (κ1) is 16.0. The van der Waals surface area contributed by atoms with Gasteiger partial charge in [0.2, 0.25) is 0 Å². The summed E-state index contributed by atoms with van der Waals surface area (Å²) in [6.45, 7) is 5.03. The Morgan fingerprint density at radius 3 is 2.31 bits per heavy atom. The molecule has 6 heteroatoms. The second-order valence-corrected chi connectivity index (χ2v) is 5.10. The second-order valence-electron chi connectivity index (χ2n) is 5.10. The molecular formula is C10H20ClF3N2. The number of piperidine rings is 1. The number of nitrogens with two attached hydrogens (primary N) is 1. The minimum atomic E-state index is -4.06. The van der Waals surface area contributed by atoms with E-state index < -0.39 is 17.6 Å². The standard InChI is InChI=1S/C10H19F3N2.ClH/c1-9(2,14)7-15-5-3-4-8(6-15)10(11,12)13;/h8H,3-7,14H2,1-2H3;1H. The molecular weight excluding hydrogens is 241 g/mol. The number of alkyl halides is 3. The summed E-state index contributed by atoms with van der Waals surface area (Å²) in [5.74, 6) is -1.17. The van der Waals surface area contributed by atoms with Gasteiger partial charge in [0.05, 0.1) is 5.92 Å². The van der Waals surface area contributed by atoms with Crippen molar-refractivity contribution < 1.29 is 13.2 Å². The largest absolute Gasteiger partial charge is 0.393 e. The molecule has 0 aromatic heterocycles. The zero-order valence-electron chi connectivity index (χ0n) is 9.68. The van der Waals surface area contributed by atoms with Crippen LogP contribution in [0.15, 0.2) is 0 Å². The number of hydrogen-bond acceptors (Lipinski definition) is 2. The van der Waals surface area contributed by atoms with E-state index in [1.54, 1.807) is 0 Å². The lowest BCUT2D eigenvalue weighted by Gasteiger charge is -2.37. The molecule has 1 heterocycles. The van der Waals surface area contributed by atoms with Crippen molar-refractivity contribution in [2.24, 2.45) is 11.7 Å². The average Bonchev–Trinajstić information content (AvgIpc) is 1.99. The number of likely N-dealkylation sites (tertiary alicyclic amines) is 1. The zero-order valence-corrected chi connectivity index (χ0v) is 10.5. The van der Waals surface area contributed by atoms with E-state index in [0.29, 0.717) is 13.0 Å². The van der Waals surface area contributed by atoms with Gasteiger partial charge in [-0.25, -0.2) is 0 Å². The zero-order chi connectivity index (χ0) is 11.7. The summed E-state index contributed by atoms with van der Waals surface area (Å²) in [4.78, 5) is 1.82. The average molecular weight is 261 g/mol. The molecule has 0 spiro atoms. The van der Waals surface area contributed by atoms with Gasteiger partial charge in [-0.05, 0) is 33.2 Å². The van der Waals surface area contributed by atoms with Crippen molar-refractivity contribution in [1.82, 2.24) is 4.90 Å². The Morgan fingerprint density at radius 2 is 1.88 bits per heavy atom. The van der Waals surface area contributed by atoms with Crippen LogP contribution in [0.4, 0.5) is 13.2 Å². The highest BCUT2D eigenvalue weighted by Gasteiger charge is 2.42. The highest BCUT2D eigenvalue weighted by atomic mass is 35.5. The predicted octanol–water partition coefficient (Wildman–Crippen LogP) is 2.42. The van der Waals surface area contributed by atoms with Crippen molar-refractivity contribution in [1.29, 1.82) is 0 Å². The number of nitrogens with zero attached hydrogens (tertiary/aromatic N) is 1. The van der Waals surface area contributed by atoms with Crippen LogP contribution in [-0.4, -0.2) is 36.2 Å². The summed E-state index contributed by atoms with van der Waals surface area (Å²) in [6, 6.07) is 0. The van der Waals surface area contributed by atoms with E-state index in [-0.39, 0.29) is 25.4 Å². The van der Waals surface area contributed by atoms with E-state index in [0.717, 1.165) is 6.54 Å². The number of rotatable bonds is 2. The fraction of sp³-hybridized carbons (Fsp3) is 1.00. The molecule has 1 aliphatic rings. The van der Waals surface area contributed by atoms with E-state index in [4.69, 9.17) is 5.73 Å². The minimum absolute atomic E-state index is 0. The predicted molar refractivity (Wildman–Crippen MR) is 60.7 cm³/mol. The molecule has 1 fully saturated rings. The first-order valence-electron chi connectivity index (χ1n) is 5.26. The van der Waals surface area contributed by atoms with Crippen LogP contribution in [0.1, 0.15) is 26.7 Å². The maximum atomic E-state index is 12.5. The molecule has 1 atom stereocenters. The van der Waals surface area contributed by atoms with Gasteiger partial charge in [-0.3, -0.25) is 0 Å². The Hall–Kier alpha value is -0.0000000000000000555. The van der Waals surface area contributed by atoms with Crippen molar-refractivity contribution in [3.8, 4) is 0 Å². The van der Waals surface area contributed by atoms with Crippen LogP contribution in [0.2, 0.25) is 0 Å². The molecule has 2 nitrogen and oxygen atoms in total. The molecule has 0 bridgehead atoms. The summed E-state index contributed by atoms with van der Waals surface area (Å²) in [5, 5.41) is 0. The maximum Gasteiger partial charge on any atom is 0.393 e. The molecule has 1 rings (SSSR count). The minimum Gasteiger partial charge on any atom is -0.324 e. The third kappa shape index (κ3) is 5.37. The molecule has 1 unspecified atom stereocenters. The molecule has 98 valence electrons. The van der Waals surface area contributed by atoms with E-state index >= 15 is 0 Å². The van der Waals surface area contributed by atoms with Gasteiger partial charge in [0.25, 0.3) is 0 Å². The van der Waals surface area contributed by atoms with Crippen LogP contribution < -0.4 is 5.73 Å². The topological polar surface area (TPSA) is 29.3 Å².